The molecule has 0 saturated carbocycles. The van der Waals surface area contributed by atoms with Crippen molar-refractivity contribution in [2.75, 3.05) is 26.2 Å². The number of benzene rings is 2. The van der Waals surface area contributed by atoms with E-state index < -0.39 is 0 Å². The standard InChI is InChI=1S/C22H20Cl2N2O2/c23-19-5-1-17(2-6-19)21(27)9-11-25-13-15-26(16-14-25)12-10-22(28)18-3-7-20(24)8-4-18/h1-12H,13-16H2. The van der Waals surface area contributed by atoms with Crippen LogP contribution >= 0.6 is 23.2 Å². The number of hydrogen-bond donors (Lipinski definition) is 0. The summed E-state index contributed by atoms with van der Waals surface area (Å²) < 4.78 is 0. The molecule has 6 heteroatoms. The Kier molecular flexibility index (Phi) is 6.90. The number of carbonyl (C=O) groups is 2. The molecule has 2 aromatic carbocycles. The summed E-state index contributed by atoms with van der Waals surface area (Å²) in [6.07, 6.45) is 6.82. The van der Waals surface area contributed by atoms with E-state index in [4.69, 9.17) is 23.2 Å². The van der Waals surface area contributed by atoms with Crippen molar-refractivity contribution in [3.05, 3.63) is 94.3 Å². The maximum absolute atomic E-state index is 12.2. The lowest BCUT2D eigenvalue weighted by Gasteiger charge is -2.33. The zero-order chi connectivity index (χ0) is 19.9. The monoisotopic (exact) mass is 414 g/mol. The summed E-state index contributed by atoms with van der Waals surface area (Å²) in [5, 5.41) is 1.22. The third-order valence-electron chi connectivity index (χ3n) is 4.48. The molecule has 1 aliphatic rings. The number of carbonyl (C=O) groups excluding carboxylic acids is 2. The van der Waals surface area contributed by atoms with Crippen LogP contribution in [-0.2, 0) is 0 Å². The van der Waals surface area contributed by atoms with Gasteiger partial charge in [-0.05, 0) is 48.5 Å². The highest BCUT2D eigenvalue weighted by Crippen LogP contribution is 2.12. The zero-order valence-corrected chi connectivity index (χ0v) is 16.7. The molecular formula is C22H20Cl2N2O2. The van der Waals surface area contributed by atoms with Crippen LogP contribution in [0.4, 0.5) is 0 Å². The number of piperazine rings is 1. The summed E-state index contributed by atoms with van der Waals surface area (Å²) in [6.45, 7) is 3.13. The molecule has 3 rings (SSSR count). The third-order valence-corrected chi connectivity index (χ3v) is 4.98. The predicted molar refractivity (Wildman–Crippen MR) is 113 cm³/mol. The van der Waals surface area contributed by atoms with Crippen LogP contribution in [0.15, 0.2) is 73.1 Å². The molecular weight excluding hydrogens is 395 g/mol. The Morgan fingerprint density at radius 1 is 0.643 bits per heavy atom. The van der Waals surface area contributed by atoms with Gasteiger partial charge in [0.25, 0.3) is 0 Å². The highest BCUT2D eigenvalue weighted by Gasteiger charge is 2.12. The Morgan fingerprint density at radius 3 is 1.29 bits per heavy atom. The van der Waals surface area contributed by atoms with Crippen molar-refractivity contribution in [3.63, 3.8) is 0 Å². The van der Waals surface area contributed by atoms with Crippen LogP contribution in [0.25, 0.3) is 0 Å². The van der Waals surface area contributed by atoms with E-state index in [1.165, 1.54) is 0 Å². The van der Waals surface area contributed by atoms with Crippen molar-refractivity contribution in [1.82, 2.24) is 9.80 Å². The fourth-order valence-corrected chi connectivity index (χ4v) is 3.05. The molecule has 0 atom stereocenters. The molecule has 0 radical (unpaired) electrons. The summed E-state index contributed by atoms with van der Waals surface area (Å²) in [7, 11) is 0. The first kappa shape index (κ1) is 20.2. The predicted octanol–water partition coefficient (Wildman–Crippen LogP) is 4.70. The summed E-state index contributed by atoms with van der Waals surface area (Å²) in [5.74, 6) is -0.0971. The van der Waals surface area contributed by atoms with Crippen LogP contribution in [0.5, 0.6) is 0 Å². The van der Waals surface area contributed by atoms with Gasteiger partial charge in [0, 0.05) is 71.9 Å². The van der Waals surface area contributed by atoms with E-state index in [9.17, 15) is 9.59 Å². The Bertz CT molecular complexity index is 806. The maximum Gasteiger partial charge on any atom is 0.187 e. The number of halogens is 2. The van der Waals surface area contributed by atoms with Crippen molar-refractivity contribution in [1.29, 1.82) is 0 Å². The van der Waals surface area contributed by atoms with Crippen LogP contribution in [0, 0.1) is 0 Å². The van der Waals surface area contributed by atoms with Gasteiger partial charge in [0.2, 0.25) is 0 Å². The molecule has 1 heterocycles. The Morgan fingerprint density at radius 2 is 0.964 bits per heavy atom. The van der Waals surface area contributed by atoms with Gasteiger partial charge < -0.3 is 9.80 Å². The topological polar surface area (TPSA) is 40.6 Å². The first-order valence-electron chi connectivity index (χ1n) is 8.95. The second kappa shape index (κ2) is 9.58. The largest absolute Gasteiger partial charge is 0.374 e. The van der Waals surface area contributed by atoms with E-state index in [0.717, 1.165) is 26.2 Å². The van der Waals surface area contributed by atoms with E-state index in [-0.39, 0.29) is 11.6 Å². The molecule has 0 N–H and O–H groups in total. The van der Waals surface area contributed by atoms with Gasteiger partial charge >= 0.3 is 0 Å². The number of ketones is 2. The van der Waals surface area contributed by atoms with Gasteiger partial charge in [-0.2, -0.15) is 0 Å². The zero-order valence-electron chi connectivity index (χ0n) is 15.2. The van der Waals surface area contributed by atoms with Gasteiger partial charge in [-0.3, -0.25) is 9.59 Å². The van der Waals surface area contributed by atoms with Gasteiger partial charge in [-0.1, -0.05) is 23.2 Å². The van der Waals surface area contributed by atoms with E-state index in [1.54, 1.807) is 60.7 Å². The summed E-state index contributed by atoms with van der Waals surface area (Å²) in [6, 6.07) is 13.7. The molecule has 0 bridgehead atoms. The van der Waals surface area contributed by atoms with Crippen molar-refractivity contribution in [3.8, 4) is 0 Å². The molecule has 2 aromatic rings. The highest BCUT2D eigenvalue weighted by molar-refractivity contribution is 6.31. The summed E-state index contributed by atoms with van der Waals surface area (Å²) >= 11 is 11.7. The van der Waals surface area contributed by atoms with Gasteiger partial charge in [-0.15, -0.1) is 0 Å². The van der Waals surface area contributed by atoms with Crippen LogP contribution in [-0.4, -0.2) is 47.5 Å². The summed E-state index contributed by atoms with van der Waals surface area (Å²) in [4.78, 5) is 28.5. The molecule has 28 heavy (non-hydrogen) atoms. The number of nitrogens with zero attached hydrogens (tertiary/aromatic N) is 2. The fraction of sp³-hybridized carbons (Fsp3) is 0.182. The molecule has 1 saturated heterocycles. The van der Waals surface area contributed by atoms with Crippen molar-refractivity contribution in [2.45, 2.75) is 0 Å². The molecule has 0 aliphatic carbocycles. The van der Waals surface area contributed by atoms with Gasteiger partial charge in [0.15, 0.2) is 11.6 Å². The van der Waals surface area contributed by atoms with Gasteiger partial charge in [0.1, 0.15) is 0 Å². The maximum atomic E-state index is 12.2. The summed E-state index contributed by atoms with van der Waals surface area (Å²) in [5.41, 5.74) is 1.23. The first-order chi connectivity index (χ1) is 13.5. The molecule has 0 spiro atoms. The average Bonchev–Trinajstić information content (AvgIpc) is 2.72. The number of rotatable bonds is 6. The smallest absolute Gasteiger partial charge is 0.187 e. The minimum Gasteiger partial charge on any atom is -0.374 e. The number of allylic oxidation sites excluding steroid dienone is 2. The lowest BCUT2D eigenvalue weighted by Crippen LogP contribution is -2.41. The third kappa shape index (κ3) is 5.72. The van der Waals surface area contributed by atoms with Crippen LogP contribution in [0.1, 0.15) is 20.7 Å². The second-order valence-electron chi connectivity index (χ2n) is 6.45. The molecule has 144 valence electrons. The average molecular weight is 415 g/mol. The molecule has 0 unspecified atom stereocenters. The van der Waals surface area contributed by atoms with Crippen LogP contribution in [0.2, 0.25) is 10.0 Å². The molecule has 1 aliphatic heterocycles. The minimum absolute atomic E-state index is 0.0486. The lowest BCUT2D eigenvalue weighted by molar-refractivity contribution is 0.103. The second-order valence-corrected chi connectivity index (χ2v) is 7.32. The first-order valence-corrected chi connectivity index (χ1v) is 9.71. The normalized spacial score (nSPS) is 14.8. The van der Waals surface area contributed by atoms with Crippen molar-refractivity contribution < 1.29 is 9.59 Å². The Hall–Kier alpha value is -2.56. The van der Waals surface area contributed by atoms with E-state index >= 15 is 0 Å². The quantitative estimate of drug-likeness (QED) is 0.507. The minimum atomic E-state index is -0.0486. The molecule has 0 amide bonds. The van der Waals surface area contributed by atoms with E-state index in [1.807, 2.05) is 12.4 Å². The van der Waals surface area contributed by atoms with Crippen LogP contribution < -0.4 is 0 Å². The Labute approximate surface area is 174 Å². The van der Waals surface area contributed by atoms with E-state index in [0.29, 0.717) is 21.2 Å². The van der Waals surface area contributed by atoms with Crippen molar-refractivity contribution >= 4 is 34.8 Å². The van der Waals surface area contributed by atoms with Gasteiger partial charge in [0.05, 0.1) is 0 Å². The van der Waals surface area contributed by atoms with Gasteiger partial charge in [-0.25, -0.2) is 0 Å². The van der Waals surface area contributed by atoms with Crippen molar-refractivity contribution in [2.24, 2.45) is 0 Å². The van der Waals surface area contributed by atoms with Crippen LogP contribution in [0.3, 0.4) is 0 Å². The molecule has 0 aromatic heterocycles. The fourth-order valence-electron chi connectivity index (χ4n) is 2.80. The highest BCUT2D eigenvalue weighted by atomic mass is 35.5. The lowest BCUT2D eigenvalue weighted by atomic mass is 10.1. The molecule has 1 fully saturated rings. The van der Waals surface area contributed by atoms with E-state index in [2.05, 4.69) is 9.80 Å². The number of hydrogen-bond acceptors (Lipinski definition) is 4. The SMILES string of the molecule is O=C(C=CN1CCN(C=CC(=O)c2ccc(Cl)cc2)CC1)c1ccc(Cl)cc1. The Balaban J connectivity index is 1.47. The molecule has 4 nitrogen and oxygen atoms in total.